The van der Waals surface area contributed by atoms with Gasteiger partial charge in [0.25, 0.3) is 5.91 Å². The SMILES string of the molecule is Cc1nc(-c2ccc(N3CCN(C(=O)C4CCCO4)CC3)cc2)no1. The number of piperazine rings is 1. The summed E-state index contributed by atoms with van der Waals surface area (Å²) in [4.78, 5) is 20.9. The molecule has 1 aromatic carbocycles. The lowest BCUT2D eigenvalue weighted by Crippen LogP contribution is -2.51. The molecular formula is C18H22N4O3. The van der Waals surface area contributed by atoms with E-state index in [0.29, 0.717) is 18.3 Å². The minimum atomic E-state index is -0.218. The minimum Gasteiger partial charge on any atom is -0.368 e. The number of aryl methyl sites for hydroxylation is 1. The van der Waals surface area contributed by atoms with E-state index in [-0.39, 0.29) is 12.0 Å². The van der Waals surface area contributed by atoms with Crippen LogP contribution in [0.4, 0.5) is 5.69 Å². The molecule has 132 valence electrons. The molecule has 7 heteroatoms. The molecule has 2 aliphatic rings. The first-order valence-electron chi connectivity index (χ1n) is 8.77. The third-order valence-corrected chi connectivity index (χ3v) is 4.81. The van der Waals surface area contributed by atoms with Crippen LogP contribution < -0.4 is 4.90 Å². The van der Waals surface area contributed by atoms with E-state index in [1.807, 2.05) is 17.0 Å². The Kier molecular flexibility index (Phi) is 4.40. The monoisotopic (exact) mass is 342 g/mol. The maximum absolute atomic E-state index is 12.4. The molecule has 4 rings (SSSR count). The van der Waals surface area contributed by atoms with Crippen LogP contribution in [0.1, 0.15) is 18.7 Å². The van der Waals surface area contributed by atoms with Gasteiger partial charge in [0.2, 0.25) is 11.7 Å². The molecule has 0 saturated carbocycles. The van der Waals surface area contributed by atoms with Gasteiger partial charge < -0.3 is 19.1 Å². The molecule has 3 heterocycles. The summed E-state index contributed by atoms with van der Waals surface area (Å²) in [5, 5.41) is 3.94. The number of nitrogens with zero attached hydrogens (tertiary/aromatic N) is 4. The Hall–Kier alpha value is -2.41. The number of amides is 1. The van der Waals surface area contributed by atoms with Crippen molar-refractivity contribution >= 4 is 11.6 Å². The van der Waals surface area contributed by atoms with E-state index >= 15 is 0 Å². The fourth-order valence-electron chi connectivity index (χ4n) is 3.40. The average Bonchev–Trinajstić information content (AvgIpc) is 3.33. The van der Waals surface area contributed by atoms with Crippen LogP contribution in [0.3, 0.4) is 0 Å². The minimum absolute atomic E-state index is 0.153. The summed E-state index contributed by atoms with van der Waals surface area (Å²) < 4.78 is 10.5. The van der Waals surface area contributed by atoms with Crippen LogP contribution in [0.2, 0.25) is 0 Å². The molecule has 1 aromatic heterocycles. The molecule has 2 aromatic rings. The van der Waals surface area contributed by atoms with Crippen molar-refractivity contribution in [2.75, 3.05) is 37.7 Å². The van der Waals surface area contributed by atoms with Gasteiger partial charge in [0, 0.05) is 51.0 Å². The Bertz CT molecular complexity index is 729. The molecule has 0 spiro atoms. The van der Waals surface area contributed by atoms with Crippen molar-refractivity contribution in [3.63, 3.8) is 0 Å². The van der Waals surface area contributed by atoms with Crippen molar-refractivity contribution in [3.8, 4) is 11.4 Å². The Morgan fingerprint density at radius 2 is 1.92 bits per heavy atom. The summed E-state index contributed by atoms with van der Waals surface area (Å²) in [7, 11) is 0. The second kappa shape index (κ2) is 6.84. The van der Waals surface area contributed by atoms with Crippen LogP contribution in [0, 0.1) is 6.92 Å². The van der Waals surface area contributed by atoms with E-state index < -0.39 is 0 Å². The second-order valence-electron chi connectivity index (χ2n) is 6.50. The van der Waals surface area contributed by atoms with Gasteiger partial charge in [-0.3, -0.25) is 4.79 Å². The normalized spacial score (nSPS) is 20.9. The first-order chi connectivity index (χ1) is 12.2. The van der Waals surface area contributed by atoms with Crippen molar-refractivity contribution in [1.82, 2.24) is 15.0 Å². The zero-order valence-electron chi connectivity index (χ0n) is 14.4. The fourth-order valence-corrected chi connectivity index (χ4v) is 3.40. The molecule has 7 nitrogen and oxygen atoms in total. The number of benzene rings is 1. The lowest BCUT2D eigenvalue weighted by Gasteiger charge is -2.37. The predicted molar refractivity (Wildman–Crippen MR) is 92.2 cm³/mol. The van der Waals surface area contributed by atoms with Crippen molar-refractivity contribution in [2.45, 2.75) is 25.9 Å². The van der Waals surface area contributed by atoms with Gasteiger partial charge in [0.05, 0.1) is 0 Å². The molecule has 0 bridgehead atoms. The summed E-state index contributed by atoms with van der Waals surface area (Å²) in [6.45, 7) is 5.64. The van der Waals surface area contributed by atoms with Gasteiger partial charge in [-0.05, 0) is 37.1 Å². The average molecular weight is 342 g/mol. The van der Waals surface area contributed by atoms with Crippen LogP contribution in [0.5, 0.6) is 0 Å². The molecule has 1 atom stereocenters. The molecule has 2 fully saturated rings. The van der Waals surface area contributed by atoms with Crippen molar-refractivity contribution in [2.24, 2.45) is 0 Å². The molecule has 1 unspecified atom stereocenters. The third kappa shape index (κ3) is 3.37. The van der Waals surface area contributed by atoms with Gasteiger partial charge >= 0.3 is 0 Å². The lowest BCUT2D eigenvalue weighted by molar-refractivity contribution is -0.141. The van der Waals surface area contributed by atoms with E-state index in [1.54, 1.807) is 6.92 Å². The number of anilines is 1. The molecule has 25 heavy (non-hydrogen) atoms. The highest BCUT2D eigenvalue weighted by Gasteiger charge is 2.30. The first kappa shape index (κ1) is 16.1. The zero-order valence-corrected chi connectivity index (χ0v) is 14.4. The molecule has 0 radical (unpaired) electrons. The largest absolute Gasteiger partial charge is 0.368 e. The Morgan fingerprint density at radius 3 is 2.52 bits per heavy atom. The molecule has 0 aliphatic carbocycles. The van der Waals surface area contributed by atoms with Crippen molar-refractivity contribution < 1.29 is 14.1 Å². The highest BCUT2D eigenvalue weighted by atomic mass is 16.5. The maximum atomic E-state index is 12.4. The summed E-state index contributed by atoms with van der Waals surface area (Å²) in [5.41, 5.74) is 2.08. The summed E-state index contributed by atoms with van der Waals surface area (Å²) in [5.74, 6) is 1.32. The van der Waals surface area contributed by atoms with Crippen molar-refractivity contribution in [3.05, 3.63) is 30.2 Å². The fraction of sp³-hybridized carbons (Fsp3) is 0.500. The molecule has 2 aliphatic heterocycles. The van der Waals surface area contributed by atoms with Gasteiger partial charge in [-0.2, -0.15) is 4.98 Å². The molecular weight excluding hydrogens is 320 g/mol. The van der Waals surface area contributed by atoms with Gasteiger partial charge in [-0.1, -0.05) is 5.16 Å². The lowest BCUT2D eigenvalue weighted by atomic mass is 10.1. The Balaban J connectivity index is 1.36. The quantitative estimate of drug-likeness (QED) is 0.848. The highest BCUT2D eigenvalue weighted by molar-refractivity contribution is 5.81. The summed E-state index contributed by atoms with van der Waals surface area (Å²) in [6.07, 6.45) is 1.63. The Labute approximate surface area is 146 Å². The smallest absolute Gasteiger partial charge is 0.251 e. The summed E-state index contributed by atoms with van der Waals surface area (Å²) in [6, 6.07) is 8.14. The molecule has 0 N–H and O–H groups in total. The number of carbonyl (C=O) groups excluding carboxylic acids is 1. The summed E-state index contributed by atoms with van der Waals surface area (Å²) >= 11 is 0. The van der Waals surface area contributed by atoms with E-state index in [4.69, 9.17) is 9.26 Å². The Morgan fingerprint density at radius 1 is 1.16 bits per heavy atom. The second-order valence-corrected chi connectivity index (χ2v) is 6.50. The first-order valence-corrected chi connectivity index (χ1v) is 8.77. The van der Waals surface area contributed by atoms with Gasteiger partial charge in [-0.15, -0.1) is 0 Å². The number of hydrogen-bond donors (Lipinski definition) is 0. The van der Waals surface area contributed by atoms with Crippen LogP contribution in [-0.4, -0.2) is 59.8 Å². The van der Waals surface area contributed by atoms with Gasteiger partial charge in [-0.25, -0.2) is 0 Å². The van der Waals surface area contributed by atoms with E-state index in [0.717, 1.165) is 50.3 Å². The van der Waals surface area contributed by atoms with Crippen LogP contribution >= 0.6 is 0 Å². The third-order valence-electron chi connectivity index (χ3n) is 4.81. The number of rotatable bonds is 3. The standard InChI is InChI=1S/C18H22N4O3/c1-13-19-17(20-25-13)14-4-6-15(7-5-14)21-8-10-22(11-9-21)18(23)16-3-2-12-24-16/h4-7,16H,2-3,8-12H2,1H3. The molecule has 1 amide bonds. The van der Waals surface area contributed by atoms with Crippen LogP contribution in [-0.2, 0) is 9.53 Å². The van der Waals surface area contributed by atoms with Gasteiger partial charge in [0.1, 0.15) is 6.10 Å². The van der Waals surface area contributed by atoms with E-state index in [9.17, 15) is 4.79 Å². The highest BCUT2D eigenvalue weighted by Crippen LogP contribution is 2.23. The number of aromatic nitrogens is 2. The van der Waals surface area contributed by atoms with Crippen molar-refractivity contribution in [1.29, 1.82) is 0 Å². The topological polar surface area (TPSA) is 71.7 Å². The molecule has 2 saturated heterocycles. The maximum Gasteiger partial charge on any atom is 0.251 e. The number of hydrogen-bond acceptors (Lipinski definition) is 6. The van der Waals surface area contributed by atoms with E-state index in [2.05, 4.69) is 27.2 Å². The number of ether oxygens (including phenoxy) is 1. The van der Waals surface area contributed by atoms with Crippen LogP contribution in [0.25, 0.3) is 11.4 Å². The van der Waals surface area contributed by atoms with Gasteiger partial charge in [0.15, 0.2) is 0 Å². The predicted octanol–water partition coefficient (Wildman–Crippen LogP) is 1.87. The zero-order chi connectivity index (χ0) is 17.2. The number of carbonyl (C=O) groups is 1. The van der Waals surface area contributed by atoms with E-state index in [1.165, 1.54) is 0 Å². The van der Waals surface area contributed by atoms with Crippen LogP contribution in [0.15, 0.2) is 28.8 Å².